The summed E-state index contributed by atoms with van der Waals surface area (Å²) in [7, 11) is 0. The summed E-state index contributed by atoms with van der Waals surface area (Å²) in [4.78, 5) is 13.2. The van der Waals surface area contributed by atoms with Crippen molar-refractivity contribution in [1.29, 1.82) is 0 Å². The highest BCUT2D eigenvalue weighted by molar-refractivity contribution is 5.96. The Morgan fingerprint density at radius 3 is 2.51 bits per heavy atom. The Hall–Kier alpha value is -3.43. The number of rotatable bonds is 5. The summed E-state index contributed by atoms with van der Waals surface area (Å²) in [5, 5.41) is 5.78. The van der Waals surface area contributed by atoms with Gasteiger partial charge in [0.1, 0.15) is 0 Å². The number of hydrogen-bond donors (Lipinski definition) is 2. The van der Waals surface area contributed by atoms with Gasteiger partial charge in [-0.2, -0.15) is 0 Å². The minimum atomic E-state index is -0.568. The number of hydrogen-bond acceptors (Lipinski definition) is 2. The van der Waals surface area contributed by atoms with Gasteiger partial charge < -0.3 is 11.1 Å². The normalized spacial score (nSPS) is 16.1. The highest BCUT2D eigenvalue weighted by Gasteiger charge is 2.25. The molecular formula is C32H34N2O. The fourth-order valence-electron chi connectivity index (χ4n) is 5.72. The van der Waals surface area contributed by atoms with Crippen LogP contribution in [0.2, 0.25) is 0 Å². The lowest BCUT2D eigenvalue weighted by Crippen LogP contribution is -2.44. The van der Waals surface area contributed by atoms with E-state index in [0.717, 1.165) is 19.3 Å². The molecule has 3 heteroatoms. The number of fused-ring (bicyclic) bond motifs is 2. The van der Waals surface area contributed by atoms with Gasteiger partial charge in [0.15, 0.2) is 0 Å². The zero-order chi connectivity index (χ0) is 24.5. The van der Waals surface area contributed by atoms with Crippen molar-refractivity contribution in [3.05, 3.63) is 106 Å². The van der Waals surface area contributed by atoms with Crippen LogP contribution in [0.5, 0.6) is 0 Å². The molecular weight excluding hydrogens is 428 g/mol. The van der Waals surface area contributed by atoms with E-state index in [1.807, 2.05) is 0 Å². The van der Waals surface area contributed by atoms with Crippen LogP contribution in [0.3, 0.4) is 0 Å². The van der Waals surface area contributed by atoms with Crippen LogP contribution < -0.4 is 11.1 Å². The minimum absolute atomic E-state index is 0.00700. The minimum Gasteiger partial charge on any atom is -0.348 e. The molecule has 0 bridgehead atoms. The second-order valence-corrected chi connectivity index (χ2v) is 10.1. The Bertz CT molecular complexity index is 1380. The quantitative estimate of drug-likeness (QED) is 0.356. The molecule has 2 atom stereocenters. The highest BCUT2D eigenvalue weighted by atomic mass is 16.2. The van der Waals surface area contributed by atoms with Crippen LogP contribution in [0.1, 0.15) is 52.3 Å². The number of amides is 1. The SMILES string of the molecule is Cc1cc(C)c(C[C@H](N)C(=O)N[C@@H]2CCCc3ccc(-c4cccc5ccccc45)cc32)c(C)c1. The second-order valence-electron chi connectivity index (χ2n) is 10.1. The van der Waals surface area contributed by atoms with Gasteiger partial charge >= 0.3 is 0 Å². The molecule has 4 aromatic rings. The molecule has 0 fully saturated rings. The molecule has 1 aliphatic carbocycles. The van der Waals surface area contributed by atoms with Crippen LogP contribution in [0.25, 0.3) is 21.9 Å². The Morgan fingerprint density at radius 2 is 1.71 bits per heavy atom. The van der Waals surface area contributed by atoms with Crippen molar-refractivity contribution in [1.82, 2.24) is 5.32 Å². The van der Waals surface area contributed by atoms with E-state index in [0.29, 0.717) is 6.42 Å². The zero-order valence-corrected chi connectivity index (χ0v) is 20.9. The van der Waals surface area contributed by atoms with E-state index in [1.54, 1.807) is 0 Å². The Kier molecular flexibility index (Phi) is 6.44. The predicted octanol–water partition coefficient (Wildman–Crippen LogP) is 6.50. The monoisotopic (exact) mass is 462 g/mol. The zero-order valence-electron chi connectivity index (χ0n) is 20.9. The van der Waals surface area contributed by atoms with Crippen LogP contribution in [-0.4, -0.2) is 11.9 Å². The lowest BCUT2D eigenvalue weighted by atomic mass is 9.84. The van der Waals surface area contributed by atoms with E-state index in [2.05, 4.69) is 98.9 Å². The molecule has 0 radical (unpaired) electrons. The number of nitrogens with one attached hydrogen (secondary N) is 1. The second kappa shape index (κ2) is 9.67. The van der Waals surface area contributed by atoms with Gasteiger partial charge in [-0.25, -0.2) is 0 Å². The largest absolute Gasteiger partial charge is 0.348 e. The van der Waals surface area contributed by atoms with E-state index in [4.69, 9.17) is 5.73 Å². The number of aryl methyl sites for hydroxylation is 4. The van der Waals surface area contributed by atoms with E-state index in [-0.39, 0.29) is 11.9 Å². The number of carbonyl (C=O) groups excluding carboxylic acids is 1. The van der Waals surface area contributed by atoms with Crippen molar-refractivity contribution in [2.24, 2.45) is 5.73 Å². The van der Waals surface area contributed by atoms with Gasteiger partial charge in [0.05, 0.1) is 12.1 Å². The maximum Gasteiger partial charge on any atom is 0.237 e. The van der Waals surface area contributed by atoms with Crippen LogP contribution in [-0.2, 0) is 17.6 Å². The Balaban J connectivity index is 1.40. The number of benzene rings is 4. The summed E-state index contributed by atoms with van der Waals surface area (Å²) in [6, 6.07) is 25.4. The first-order valence-corrected chi connectivity index (χ1v) is 12.6. The van der Waals surface area contributed by atoms with Gasteiger partial charge in [0.25, 0.3) is 0 Å². The van der Waals surface area contributed by atoms with Gasteiger partial charge in [-0.1, -0.05) is 72.3 Å². The van der Waals surface area contributed by atoms with E-state index in [1.165, 1.54) is 55.3 Å². The van der Waals surface area contributed by atoms with Crippen molar-refractivity contribution in [2.75, 3.05) is 0 Å². The summed E-state index contributed by atoms with van der Waals surface area (Å²) in [6.45, 7) is 6.31. The Morgan fingerprint density at radius 1 is 0.971 bits per heavy atom. The molecule has 1 amide bonds. The average molecular weight is 463 g/mol. The van der Waals surface area contributed by atoms with Gasteiger partial charge in [-0.15, -0.1) is 0 Å². The van der Waals surface area contributed by atoms with Crippen molar-refractivity contribution < 1.29 is 4.79 Å². The fraction of sp³-hybridized carbons (Fsp3) is 0.281. The molecule has 1 aliphatic rings. The van der Waals surface area contributed by atoms with Crippen molar-refractivity contribution in [3.8, 4) is 11.1 Å². The van der Waals surface area contributed by atoms with E-state index >= 15 is 0 Å². The van der Waals surface area contributed by atoms with E-state index in [9.17, 15) is 4.79 Å². The molecule has 0 spiro atoms. The van der Waals surface area contributed by atoms with Crippen LogP contribution in [0, 0.1) is 20.8 Å². The number of carbonyl (C=O) groups is 1. The summed E-state index contributed by atoms with van der Waals surface area (Å²) in [5.41, 5.74) is 16.2. The third-order valence-corrected chi connectivity index (χ3v) is 7.48. The first kappa shape index (κ1) is 23.3. The molecule has 5 rings (SSSR count). The maximum absolute atomic E-state index is 13.2. The third-order valence-electron chi connectivity index (χ3n) is 7.48. The fourth-order valence-corrected chi connectivity index (χ4v) is 5.72. The highest BCUT2D eigenvalue weighted by Crippen LogP contribution is 2.35. The van der Waals surface area contributed by atoms with Crippen LogP contribution in [0.15, 0.2) is 72.8 Å². The molecule has 0 saturated heterocycles. The van der Waals surface area contributed by atoms with E-state index < -0.39 is 6.04 Å². The predicted molar refractivity (Wildman–Crippen MR) is 146 cm³/mol. The summed E-state index contributed by atoms with van der Waals surface area (Å²) >= 11 is 0. The topological polar surface area (TPSA) is 55.1 Å². The molecule has 0 unspecified atom stereocenters. The van der Waals surface area contributed by atoms with Crippen molar-refractivity contribution in [3.63, 3.8) is 0 Å². The molecule has 3 N–H and O–H groups in total. The number of nitrogens with two attached hydrogens (primary N) is 1. The summed E-state index contributed by atoms with van der Waals surface area (Å²) in [5.74, 6) is -0.0715. The molecule has 0 aromatic heterocycles. The van der Waals surface area contributed by atoms with Gasteiger partial charge in [0.2, 0.25) is 5.91 Å². The molecule has 0 saturated carbocycles. The van der Waals surface area contributed by atoms with Crippen LogP contribution >= 0.6 is 0 Å². The summed E-state index contributed by atoms with van der Waals surface area (Å²) < 4.78 is 0. The van der Waals surface area contributed by atoms with Gasteiger partial charge in [0, 0.05) is 0 Å². The first-order chi connectivity index (χ1) is 16.9. The Labute approximate surface area is 208 Å². The molecule has 35 heavy (non-hydrogen) atoms. The van der Waals surface area contributed by atoms with Crippen molar-refractivity contribution in [2.45, 2.75) is 58.5 Å². The summed E-state index contributed by atoms with van der Waals surface area (Å²) in [6.07, 6.45) is 3.61. The van der Waals surface area contributed by atoms with Crippen LogP contribution in [0.4, 0.5) is 0 Å². The molecule has 3 nitrogen and oxygen atoms in total. The first-order valence-electron chi connectivity index (χ1n) is 12.6. The lowest BCUT2D eigenvalue weighted by molar-refractivity contribution is -0.123. The molecule has 0 aliphatic heterocycles. The standard InChI is InChI=1S/C32H34N2O/c1-20-16-21(2)28(22(3)17-20)19-30(33)32(35)34-31-13-7-10-24-14-15-25(18-29(24)31)27-12-6-9-23-8-4-5-11-26(23)27/h4-6,8-9,11-12,14-18,30-31H,7,10,13,19,33H2,1-3H3,(H,34,35)/t30-,31+/m0/s1. The molecule has 178 valence electrons. The molecule has 4 aromatic carbocycles. The van der Waals surface area contributed by atoms with Crippen molar-refractivity contribution >= 4 is 16.7 Å². The van der Waals surface area contributed by atoms with Gasteiger partial charge in [-0.3, -0.25) is 4.79 Å². The average Bonchev–Trinajstić information content (AvgIpc) is 2.85. The lowest BCUT2D eigenvalue weighted by Gasteiger charge is -2.28. The van der Waals surface area contributed by atoms with Gasteiger partial charge in [-0.05, 0) is 102 Å². The maximum atomic E-state index is 13.2. The smallest absolute Gasteiger partial charge is 0.237 e. The molecule has 0 heterocycles. The third kappa shape index (κ3) is 4.74.